The smallest absolute Gasteiger partial charge is 0.255 e. The van der Waals surface area contributed by atoms with E-state index in [1.165, 1.54) is 0 Å². The first kappa shape index (κ1) is 8.72. The van der Waals surface area contributed by atoms with E-state index in [0.29, 0.717) is 10.4 Å². The van der Waals surface area contributed by atoms with Gasteiger partial charge in [-0.2, -0.15) is 9.98 Å². The van der Waals surface area contributed by atoms with Gasteiger partial charge in [0.2, 0.25) is 0 Å². The molecule has 0 bridgehead atoms. The van der Waals surface area contributed by atoms with E-state index in [1.54, 1.807) is 6.07 Å². The van der Waals surface area contributed by atoms with Crippen molar-refractivity contribution >= 4 is 33.7 Å². The number of guanidine groups is 1. The van der Waals surface area contributed by atoms with Crippen molar-refractivity contribution in [3.63, 3.8) is 0 Å². The summed E-state index contributed by atoms with van der Waals surface area (Å²) in [5.74, 6) is 0.339. The number of rotatable bonds is 1. The van der Waals surface area contributed by atoms with Crippen LogP contribution in [0.25, 0.3) is 0 Å². The van der Waals surface area contributed by atoms with Gasteiger partial charge >= 0.3 is 0 Å². The van der Waals surface area contributed by atoms with Crippen molar-refractivity contribution in [2.45, 2.75) is 0 Å². The fraction of sp³-hybridized carbons (Fsp3) is 0. The Morgan fingerprint density at radius 1 is 1.42 bits per heavy atom. The lowest BCUT2D eigenvalue weighted by atomic mass is 10.6. The van der Waals surface area contributed by atoms with Crippen molar-refractivity contribution < 1.29 is 0 Å². The molecule has 0 amide bonds. The van der Waals surface area contributed by atoms with Gasteiger partial charge in [0.1, 0.15) is 10.4 Å². The molecule has 1 aromatic rings. The zero-order valence-electron chi connectivity index (χ0n) is 6.03. The molecule has 0 aliphatic heterocycles. The maximum absolute atomic E-state index is 5.40. The largest absolute Gasteiger partial charge is 0.383 e. The monoisotopic (exact) mass is 230 g/mol. The number of aliphatic imine (C=N–C) groups is 1. The van der Waals surface area contributed by atoms with Gasteiger partial charge in [0, 0.05) is 6.07 Å². The molecule has 0 spiro atoms. The van der Waals surface area contributed by atoms with Crippen LogP contribution < -0.4 is 17.2 Å². The van der Waals surface area contributed by atoms with E-state index in [1.807, 2.05) is 0 Å². The maximum Gasteiger partial charge on any atom is 0.255 e. The molecule has 0 aromatic carbocycles. The number of nitrogens with zero attached hydrogens (tertiary/aromatic N) is 3. The highest BCUT2D eigenvalue weighted by atomic mass is 79.9. The molecular weight excluding hydrogens is 224 g/mol. The minimum absolute atomic E-state index is 0.104. The first-order valence-corrected chi connectivity index (χ1v) is 3.77. The van der Waals surface area contributed by atoms with Crippen LogP contribution in [0.15, 0.2) is 15.7 Å². The number of hydrogen-bond donors (Lipinski definition) is 3. The second-order valence-electron chi connectivity index (χ2n) is 1.95. The highest BCUT2D eigenvalue weighted by Gasteiger charge is 1.98. The Morgan fingerprint density at radius 2 is 2.08 bits per heavy atom. The normalized spacial score (nSPS) is 9.42. The number of nitrogens with two attached hydrogens (primary N) is 3. The third-order valence-corrected chi connectivity index (χ3v) is 1.34. The summed E-state index contributed by atoms with van der Waals surface area (Å²) in [6, 6.07) is 1.55. The fourth-order valence-corrected chi connectivity index (χ4v) is 0.981. The number of anilines is 1. The van der Waals surface area contributed by atoms with Crippen LogP contribution >= 0.6 is 15.9 Å². The summed E-state index contributed by atoms with van der Waals surface area (Å²) < 4.78 is 0.537. The molecule has 6 nitrogen and oxygen atoms in total. The molecule has 6 N–H and O–H groups in total. The summed E-state index contributed by atoms with van der Waals surface area (Å²) in [7, 11) is 0. The maximum atomic E-state index is 5.40. The van der Waals surface area contributed by atoms with E-state index >= 15 is 0 Å². The summed E-state index contributed by atoms with van der Waals surface area (Å²) in [5, 5.41) is 0. The van der Waals surface area contributed by atoms with Gasteiger partial charge in [-0.15, -0.1) is 0 Å². The molecule has 0 aliphatic rings. The topological polar surface area (TPSA) is 116 Å². The minimum Gasteiger partial charge on any atom is -0.383 e. The van der Waals surface area contributed by atoms with Crippen molar-refractivity contribution in [1.29, 1.82) is 0 Å². The fourth-order valence-electron chi connectivity index (χ4n) is 0.588. The number of hydrogen-bond acceptors (Lipinski definition) is 4. The quantitative estimate of drug-likeness (QED) is 0.349. The summed E-state index contributed by atoms with van der Waals surface area (Å²) in [4.78, 5) is 11.2. The SMILES string of the molecule is NC(N)=Nc1nc(N)cc(Br)n1. The lowest BCUT2D eigenvalue weighted by molar-refractivity contribution is 1.11. The predicted molar refractivity (Wildman–Crippen MR) is 49.6 cm³/mol. The van der Waals surface area contributed by atoms with Crippen molar-refractivity contribution in [2.75, 3.05) is 5.73 Å². The first-order chi connectivity index (χ1) is 5.58. The van der Waals surface area contributed by atoms with E-state index in [-0.39, 0.29) is 11.9 Å². The first-order valence-electron chi connectivity index (χ1n) is 2.97. The van der Waals surface area contributed by atoms with Crippen LogP contribution in [-0.2, 0) is 0 Å². The van der Waals surface area contributed by atoms with Crippen LogP contribution in [0.2, 0.25) is 0 Å². The lowest BCUT2D eigenvalue weighted by Crippen LogP contribution is -2.22. The van der Waals surface area contributed by atoms with Gasteiger partial charge in [-0.1, -0.05) is 0 Å². The van der Waals surface area contributed by atoms with Crippen molar-refractivity contribution in [1.82, 2.24) is 9.97 Å². The van der Waals surface area contributed by atoms with E-state index in [9.17, 15) is 0 Å². The molecule has 1 rings (SSSR count). The molecule has 0 saturated carbocycles. The van der Waals surface area contributed by atoms with Crippen LogP contribution in [0.5, 0.6) is 0 Å². The van der Waals surface area contributed by atoms with E-state index in [2.05, 4.69) is 30.9 Å². The minimum atomic E-state index is -0.104. The zero-order valence-corrected chi connectivity index (χ0v) is 7.62. The Kier molecular flexibility index (Phi) is 2.44. The molecule has 1 aromatic heterocycles. The van der Waals surface area contributed by atoms with Crippen LogP contribution in [0.4, 0.5) is 11.8 Å². The van der Waals surface area contributed by atoms with Gasteiger partial charge in [-0.05, 0) is 15.9 Å². The number of halogens is 1. The Labute approximate surface area is 77.0 Å². The molecule has 1 heterocycles. The third kappa shape index (κ3) is 2.35. The Bertz CT molecular complexity index is 297. The Balaban J connectivity index is 3.09. The number of aromatic nitrogens is 2. The average molecular weight is 231 g/mol. The molecule has 0 radical (unpaired) electrons. The van der Waals surface area contributed by atoms with Gasteiger partial charge in [0.05, 0.1) is 0 Å². The van der Waals surface area contributed by atoms with Crippen LogP contribution in [0.1, 0.15) is 0 Å². The molecule has 12 heavy (non-hydrogen) atoms. The molecule has 0 aliphatic carbocycles. The van der Waals surface area contributed by atoms with Crippen LogP contribution in [0.3, 0.4) is 0 Å². The Hall–Kier alpha value is -1.37. The third-order valence-electron chi connectivity index (χ3n) is 0.932. The number of nitrogen functional groups attached to an aromatic ring is 1. The highest BCUT2D eigenvalue weighted by Crippen LogP contribution is 2.13. The van der Waals surface area contributed by atoms with Gasteiger partial charge in [0.25, 0.3) is 5.95 Å². The second kappa shape index (κ2) is 3.35. The highest BCUT2D eigenvalue weighted by molar-refractivity contribution is 9.10. The van der Waals surface area contributed by atoms with Crippen LogP contribution in [-0.4, -0.2) is 15.9 Å². The molecule has 64 valence electrons. The molecule has 7 heteroatoms. The summed E-state index contributed by atoms with van der Waals surface area (Å²) in [6.07, 6.45) is 0. The summed E-state index contributed by atoms with van der Waals surface area (Å²) >= 11 is 3.12. The van der Waals surface area contributed by atoms with Crippen LogP contribution in [0, 0.1) is 0 Å². The van der Waals surface area contributed by atoms with E-state index < -0.39 is 0 Å². The molecular formula is C5H7BrN6. The van der Waals surface area contributed by atoms with E-state index in [0.717, 1.165) is 0 Å². The molecule has 0 saturated heterocycles. The molecule has 0 atom stereocenters. The molecule has 0 unspecified atom stereocenters. The second-order valence-corrected chi connectivity index (χ2v) is 2.76. The summed E-state index contributed by atoms with van der Waals surface area (Å²) in [6.45, 7) is 0. The predicted octanol–water partition coefficient (Wildman–Crippen LogP) is -0.274. The average Bonchev–Trinajstić information content (AvgIpc) is 1.81. The lowest BCUT2D eigenvalue weighted by Gasteiger charge is -1.96. The zero-order chi connectivity index (χ0) is 9.14. The van der Waals surface area contributed by atoms with E-state index in [4.69, 9.17) is 17.2 Å². The Morgan fingerprint density at radius 3 is 2.58 bits per heavy atom. The van der Waals surface area contributed by atoms with Crippen molar-refractivity contribution in [3.8, 4) is 0 Å². The van der Waals surface area contributed by atoms with Gasteiger partial charge < -0.3 is 17.2 Å². The van der Waals surface area contributed by atoms with Gasteiger partial charge in [0.15, 0.2) is 5.96 Å². The van der Waals surface area contributed by atoms with Crippen molar-refractivity contribution in [3.05, 3.63) is 10.7 Å². The van der Waals surface area contributed by atoms with Gasteiger partial charge in [-0.25, -0.2) is 4.98 Å². The van der Waals surface area contributed by atoms with Gasteiger partial charge in [-0.3, -0.25) is 0 Å². The summed E-state index contributed by atoms with van der Waals surface area (Å²) in [5.41, 5.74) is 15.6. The standard InChI is InChI=1S/C5H7BrN6/c6-2-1-3(7)11-5(10-2)12-4(8)9/h1H,(H6,7,8,9,10,11,12). The molecule has 0 fully saturated rings. The van der Waals surface area contributed by atoms with Crippen molar-refractivity contribution in [2.24, 2.45) is 16.5 Å².